The van der Waals surface area contributed by atoms with Crippen LogP contribution >= 0.6 is 11.6 Å². The van der Waals surface area contributed by atoms with E-state index in [1.54, 1.807) is 12.4 Å². The van der Waals surface area contributed by atoms with Gasteiger partial charge < -0.3 is 8.98 Å². The van der Waals surface area contributed by atoms with E-state index in [0.717, 1.165) is 22.2 Å². The second kappa shape index (κ2) is 7.14. The number of benzene rings is 2. The standard InChI is InChI=1S/C22H16ClN3O/c1-15-6-7-17(11-19(15)23)22-9-8-18(27-22)10-16(12-24)13-26-14-25-20-4-2-3-5-21(20)26/h2-11,14H,13H2,1H3/b16-10-. The number of imidazole rings is 1. The number of rotatable bonds is 4. The summed E-state index contributed by atoms with van der Waals surface area (Å²) in [5, 5.41) is 10.2. The molecule has 0 aliphatic rings. The van der Waals surface area contributed by atoms with Crippen molar-refractivity contribution in [1.29, 1.82) is 5.26 Å². The molecular formula is C22H16ClN3O. The Morgan fingerprint density at radius 2 is 2.07 bits per heavy atom. The average Bonchev–Trinajstić information content (AvgIpc) is 3.31. The third kappa shape index (κ3) is 3.51. The zero-order chi connectivity index (χ0) is 18.8. The number of para-hydroxylation sites is 2. The van der Waals surface area contributed by atoms with Crippen molar-refractivity contribution >= 4 is 28.7 Å². The van der Waals surface area contributed by atoms with E-state index in [-0.39, 0.29) is 0 Å². The minimum absolute atomic E-state index is 0.434. The van der Waals surface area contributed by atoms with Gasteiger partial charge in [0.15, 0.2) is 0 Å². The Morgan fingerprint density at radius 3 is 2.89 bits per heavy atom. The molecule has 2 aromatic carbocycles. The van der Waals surface area contributed by atoms with Crippen molar-refractivity contribution in [2.24, 2.45) is 0 Å². The van der Waals surface area contributed by atoms with Crippen LogP contribution in [-0.2, 0) is 6.54 Å². The van der Waals surface area contributed by atoms with Gasteiger partial charge in [0.1, 0.15) is 11.5 Å². The van der Waals surface area contributed by atoms with Crippen LogP contribution in [-0.4, -0.2) is 9.55 Å². The molecule has 132 valence electrons. The minimum Gasteiger partial charge on any atom is -0.457 e. The number of aryl methyl sites for hydroxylation is 1. The summed E-state index contributed by atoms with van der Waals surface area (Å²) < 4.78 is 7.84. The van der Waals surface area contributed by atoms with Gasteiger partial charge in [0.25, 0.3) is 0 Å². The Labute approximate surface area is 161 Å². The van der Waals surface area contributed by atoms with Crippen molar-refractivity contribution in [1.82, 2.24) is 9.55 Å². The second-order valence-electron chi connectivity index (χ2n) is 6.31. The van der Waals surface area contributed by atoms with Crippen LogP contribution in [0, 0.1) is 18.3 Å². The summed E-state index contributed by atoms with van der Waals surface area (Å²) in [5.41, 5.74) is 4.41. The normalized spacial score (nSPS) is 11.7. The smallest absolute Gasteiger partial charge is 0.134 e. The number of fused-ring (bicyclic) bond motifs is 1. The monoisotopic (exact) mass is 373 g/mol. The van der Waals surface area contributed by atoms with Gasteiger partial charge in [-0.1, -0.05) is 35.9 Å². The lowest BCUT2D eigenvalue weighted by Gasteiger charge is -2.03. The van der Waals surface area contributed by atoms with Crippen LogP contribution in [0.4, 0.5) is 0 Å². The molecule has 2 heterocycles. The third-order valence-corrected chi connectivity index (χ3v) is 4.82. The summed E-state index contributed by atoms with van der Waals surface area (Å²) in [6.45, 7) is 2.39. The predicted octanol–water partition coefficient (Wildman–Crippen LogP) is 5.87. The minimum atomic E-state index is 0.434. The molecule has 0 aliphatic carbocycles. The quantitative estimate of drug-likeness (QED) is 0.420. The maximum absolute atomic E-state index is 9.54. The summed E-state index contributed by atoms with van der Waals surface area (Å²) in [5.74, 6) is 1.34. The highest BCUT2D eigenvalue weighted by molar-refractivity contribution is 6.31. The second-order valence-corrected chi connectivity index (χ2v) is 6.72. The van der Waals surface area contributed by atoms with Gasteiger partial charge in [-0.15, -0.1) is 0 Å². The highest BCUT2D eigenvalue weighted by atomic mass is 35.5. The molecule has 0 atom stereocenters. The van der Waals surface area contributed by atoms with Crippen LogP contribution in [0.5, 0.6) is 0 Å². The van der Waals surface area contributed by atoms with Gasteiger partial charge in [0.2, 0.25) is 0 Å². The number of halogens is 1. The molecule has 0 spiro atoms. The first-order valence-corrected chi connectivity index (χ1v) is 8.89. The molecule has 0 bridgehead atoms. The molecule has 4 rings (SSSR count). The van der Waals surface area contributed by atoms with Gasteiger partial charge in [0.05, 0.1) is 35.5 Å². The van der Waals surface area contributed by atoms with Crippen LogP contribution in [0.2, 0.25) is 5.02 Å². The number of nitriles is 1. The fourth-order valence-corrected chi connectivity index (χ4v) is 3.12. The molecule has 2 aromatic heterocycles. The van der Waals surface area contributed by atoms with Crippen LogP contribution in [0.1, 0.15) is 11.3 Å². The first-order chi connectivity index (χ1) is 13.1. The molecule has 0 N–H and O–H groups in total. The topological polar surface area (TPSA) is 54.8 Å². The molecule has 4 aromatic rings. The Bertz CT molecular complexity index is 1190. The molecule has 0 amide bonds. The van der Waals surface area contributed by atoms with E-state index in [2.05, 4.69) is 11.1 Å². The van der Waals surface area contributed by atoms with Gasteiger partial charge in [-0.3, -0.25) is 0 Å². The van der Waals surface area contributed by atoms with E-state index in [1.165, 1.54) is 0 Å². The van der Waals surface area contributed by atoms with Gasteiger partial charge in [-0.05, 0) is 48.9 Å². The predicted molar refractivity (Wildman–Crippen MR) is 107 cm³/mol. The molecule has 0 radical (unpaired) electrons. The van der Waals surface area contributed by atoms with Crippen molar-refractivity contribution in [3.63, 3.8) is 0 Å². The Hall–Kier alpha value is -3.29. The number of allylic oxidation sites excluding steroid dienone is 1. The lowest BCUT2D eigenvalue weighted by Crippen LogP contribution is -1.98. The molecule has 5 heteroatoms. The SMILES string of the molecule is Cc1ccc(-c2ccc(/C=C(/C#N)Cn3cnc4ccccc43)o2)cc1Cl. The zero-order valence-corrected chi connectivity index (χ0v) is 15.4. The van der Waals surface area contributed by atoms with Crippen LogP contribution in [0.25, 0.3) is 28.4 Å². The van der Waals surface area contributed by atoms with Gasteiger partial charge in [-0.2, -0.15) is 5.26 Å². The Morgan fingerprint density at radius 1 is 1.22 bits per heavy atom. The number of furan rings is 1. The fraction of sp³-hybridized carbons (Fsp3) is 0.0909. The first kappa shape index (κ1) is 17.1. The van der Waals surface area contributed by atoms with E-state index in [1.807, 2.05) is 66.1 Å². The number of aromatic nitrogens is 2. The molecule has 0 saturated heterocycles. The van der Waals surface area contributed by atoms with Crippen molar-refractivity contribution < 1.29 is 4.42 Å². The highest BCUT2D eigenvalue weighted by Crippen LogP contribution is 2.27. The van der Waals surface area contributed by atoms with Crippen LogP contribution in [0.3, 0.4) is 0 Å². The molecule has 4 nitrogen and oxygen atoms in total. The van der Waals surface area contributed by atoms with Crippen LogP contribution in [0.15, 0.2) is 70.9 Å². The Balaban J connectivity index is 1.61. The molecule has 27 heavy (non-hydrogen) atoms. The largest absolute Gasteiger partial charge is 0.457 e. The molecule has 0 unspecified atom stereocenters. The maximum Gasteiger partial charge on any atom is 0.134 e. The lowest BCUT2D eigenvalue weighted by atomic mass is 10.1. The summed E-state index contributed by atoms with van der Waals surface area (Å²) >= 11 is 6.20. The van der Waals surface area contributed by atoms with E-state index in [9.17, 15) is 5.26 Å². The summed E-state index contributed by atoms with van der Waals surface area (Å²) in [6.07, 6.45) is 3.51. The molecule has 0 aliphatic heterocycles. The van der Waals surface area contributed by atoms with Crippen molar-refractivity contribution in [3.8, 4) is 17.4 Å². The van der Waals surface area contributed by atoms with E-state index in [4.69, 9.17) is 16.0 Å². The van der Waals surface area contributed by atoms with Gasteiger partial charge in [0, 0.05) is 10.6 Å². The van der Waals surface area contributed by atoms with Crippen molar-refractivity contribution in [3.05, 3.63) is 82.8 Å². The third-order valence-electron chi connectivity index (χ3n) is 4.41. The van der Waals surface area contributed by atoms with E-state index >= 15 is 0 Å². The van der Waals surface area contributed by atoms with Gasteiger partial charge in [-0.25, -0.2) is 4.98 Å². The van der Waals surface area contributed by atoms with Gasteiger partial charge >= 0.3 is 0 Å². The summed E-state index contributed by atoms with van der Waals surface area (Å²) in [6, 6.07) is 19.6. The Kier molecular flexibility index (Phi) is 4.53. The summed E-state index contributed by atoms with van der Waals surface area (Å²) in [7, 11) is 0. The zero-order valence-electron chi connectivity index (χ0n) is 14.7. The number of hydrogen-bond acceptors (Lipinski definition) is 3. The van der Waals surface area contributed by atoms with E-state index in [0.29, 0.717) is 28.7 Å². The highest BCUT2D eigenvalue weighted by Gasteiger charge is 2.08. The number of hydrogen-bond donors (Lipinski definition) is 0. The first-order valence-electron chi connectivity index (χ1n) is 8.51. The fourth-order valence-electron chi connectivity index (χ4n) is 2.94. The molecular weight excluding hydrogens is 358 g/mol. The number of nitrogens with zero attached hydrogens (tertiary/aromatic N) is 3. The van der Waals surface area contributed by atoms with Crippen molar-refractivity contribution in [2.75, 3.05) is 0 Å². The van der Waals surface area contributed by atoms with Crippen molar-refractivity contribution in [2.45, 2.75) is 13.5 Å². The lowest BCUT2D eigenvalue weighted by molar-refractivity contribution is 0.571. The average molecular weight is 374 g/mol. The molecule has 0 fully saturated rings. The summed E-state index contributed by atoms with van der Waals surface area (Å²) in [4.78, 5) is 4.36. The van der Waals surface area contributed by atoms with Crippen LogP contribution < -0.4 is 0 Å². The van der Waals surface area contributed by atoms with E-state index < -0.39 is 0 Å². The molecule has 0 saturated carbocycles. The maximum atomic E-state index is 9.54.